The Hall–Kier alpha value is -3.00. The summed E-state index contributed by atoms with van der Waals surface area (Å²) in [5.41, 5.74) is 1.79. The zero-order valence-electron chi connectivity index (χ0n) is 15.2. The number of benzene rings is 2. The van der Waals surface area contributed by atoms with E-state index in [-0.39, 0.29) is 23.3 Å². The molecule has 0 atom stereocenters. The molecule has 0 aliphatic rings. The molecule has 2 aromatic carbocycles. The summed E-state index contributed by atoms with van der Waals surface area (Å²) in [6, 6.07) is 10.2. The number of nitrogens with one attached hydrogen (secondary N) is 1. The van der Waals surface area contributed by atoms with Gasteiger partial charge in [-0.3, -0.25) is 9.36 Å². The van der Waals surface area contributed by atoms with Crippen LogP contribution in [0.5, 0.6) is 0 Å². The van der Waals surface area contributed by atoms with Crippen LogP contribution >= 0.6 is 11.8 Å². The van der Waals surface area contributed by atoms with E-state index in [1.807, 2.05) is 0 Å². The summed E-state index contributed by atoms with van der Waals surface area (Å²) in [6.07, 6.45) is 1.68. The smallest absolute Gasteiger partial charge is 0.234 e. The van der Waals surface area contributed by atoms with E-state index >= 15 is 0 Å². The van der Waals surface area contributed by atoms with E-state index in [1.54, 1.807) is 29.7 Å². The van der Waals surface area contributed by atoms with Crippen molar-refractivity contribution in [3.05, 3.63) is 72.3 Å². The topological polar surface area (TPSA) is 59.8 Å². The largest absolute Gasteiger partial charge is 0.325 e. The standard InChI is InChI=1S/C20H18F2N4OS/c1-3-9-26-19(14-5-4-6-15(21)11-14)24-25-20(26)28-12-18(27)23-17-8-7-16(22)10-13(17)2/h3-8,10-11H,1,9,12H2,2H3,(H,23,27). The minimum atomic E-state index is -0.367. The average molecular weight is 400 g/mol. The van der Waals surface area contributed by atoms with Crippen LogP contribution in [-0.4, -0.2) is 26.4 Å². The second-order valence-electron chi connectivity index (χ2n) is 6.01. The maximum Gasteiger partial charge on any atom is 0.234 e. The van der Waals surface area contributed by atoms with E-state index in [1.165, 1.54) is 42.1 Å². The van der Waals surface area contributed by atoms with Crippen LogP contribution in [0.4, 0.5) is 14.5 Å². The Kier molecular flexibility index (Phi) is 6.20. The van der Waals surface area contributed by atoms with Crippen LogP contribution in [0.25, 0.3) is 11.4 Å². The van der Waals surface area contributed by atoms with Crippen molar-refractivity contribution in [2.75, 3.05) is 11.1 Å². The van der Waals surface area contributed by atoms with Gasteiger partial charge in [0.1, 0.15) is 11.6 Å². The van der Waals surface area contributed by atoms with Crippen molar-refractivity contribution in [1.29, 1.82) is 0 Å². The van der Waals surface area contributed by atoms with Crippen molar-refractivity contribution in [3.63, 3.8) is 0 Å². The average Bonchev–Trinajstić information content (AvgIpc) is 3.05. The number of nitrogens with zero attached hydrogens (tertiary/aromatic N) is 3. The zero-order valence-corrected chi connectivity index (χ0v) is 16.0. The van der Waals surface area contributed by atoms with Crippen molar-refractivity contribution in [3.8, 4) is 11.4 Å². The Labute approximate surface area is 165 Å². The van der Waals surface area contributed by atoms with Gasteiger partial charge >= 0.3 is 0 Å². The molecular formula is C20H18F2N4OS. The molecule has 1 aromatic heterocycles. The van der Waals surface area contributed by atoms with Crippen LogP contribution in [-0.2, 0) is 11.3 Å². The number of aryl methyl sites for hydroxylation is 1. The fraction of sp³-hybridized carbons (Fsp3) is 0.150. The number of amides is 1. The molecule has 3 aromatic rings. The van der Waals surface area contributed by atoms with E-state index in [4.69, 9.17) is 0 Å². The lowest BCUT2D eigenvalue weighted by molar-refractivity contribution is -0.113. The molecule has 28 heavy (non-hydrogen) atoms. The fourth-order valence-corrected chi connectivity index (χ4v) is 3.36. The van der Waals surface area contributed by atoms with E-state index < -0.39 is 0 Å². The third-order valence-corrected chi connectivity index (χ3v) is 4.87. The number of hydrogen-bond donors (Lipinski definition) is 1. The monoisotopic (exact) mass is 400 g/mol. The van der Waals surface area contributed by atoms with Gasteiger partial charge in [-0.2, -0.15) is 0 Å². The van der Waals surface area contributed by atoms with Gasteiger partial charge in [-0.15, -0.1) is 16.8 Å². The molecule has 0 spiro atoms. The van der Waals surface area contributed by atoms with E-state index in [2.05, 4.69) is 22.1 Å². The zero-order chi connectivity index (χ0) is 20.1. The van der Waals surface area contributed by atoms with Crippen molar-refractivity contribution in [2.45, 2.75) is 18.6 Å². The molecule has 0 aliphatic heterocycles. The number of allylic oxidation sites excluding steroid dienone is 1. The number of thioether (sulfide) groups is 1. The molecule has 0 aliphatic carbocycles. The number of halogens is 2. The minimum absolute atomic E-state index is 0.0925. The molecule has 5 nitrogen and oxygen atoms in total. The molecule has 0 radical (unpaired) electrons. The molecular weight excluding hydrogens is 382 g/mol. The van der Waals surface area contributed by atoms with Crippen molar-refractivity contribution in [2.24, 2.45) is 0 Å². The van der Waals surface area contributed by atoms with Gasteiger partial charge < -0.3 is 5.32 Å². The Morgan fingerprint density at radius 2 is 2.00 bits per heavy atom. The number of aromatic nitrogens is 3. The van der Waals surface area contributed by atoms with Crippen molar-refractivity contribution in [1.82, 2.24) is 14.8 Å². The SMILES string of the molecule is C=CCn1c(SCC(=O)Nc2ccc(F)cc2C)nnc1-c1cccc(F)c1. The maximum absolute atomic E-state index is 13.5. The highest BCUT2D eigenvalue weighted by molar-refractivity contribution is 7.99. The number of carbonyl (C=O) groups is 1. The van der Waals surface area contributed by atoms with E-state index in [0.717, 1.165) is 0 Å². The molecule has 0 saturated carbocycles. The third kappa shape index (κ3) is 4.64. The maximum atomic E-state index is 13.5. The number of anilines is 1. The highest BCUT2D eigenvalue weighted by Crippen LogP contribution is 2.25. The highest BCUT2D eigenvalue weighted by atomic mass is 32.2. The Morgan fingerprint density at radius 3 is 2.71 bits per heavy atom. The predicted octanol–water partition coefficient (Wildman–Crippen LogP) is 4.45. The highest BCUT2D eigenvalue weighted by Gasteiger charge is 2.15. The normalized spacial score (nSPS) is 10.7. The van der Waals surface area contributed by atoms with E-state index in [0.29, 0.717) is 34.3 Å². The van der Waals surface area contributed by atoms with Crippen LogP contribution in [0.2, 0.25) is 0 Å². The summed E-state index contributed by atoms with van der Waals surface area (Å²) < 4.78 is 28.5. The van der Waals surface area contributed by atoms with Crippen LogP contribution in [0.15, 0.2) is 60.3 Å². The quantitative estimate of drug-likeness (QED) is 0.470. The molecule has 1 heterocycles. The molecule has 0 unspecified atom stereocenters. The van der Waals surface area contributed by atoms with Crippen molar-refractivity contribution < 1.29 is 13.6 Å². The molecule has 1 N–H and O–H groups in total. The first kappa shape index (κ1) is 19.8. The van der Waals surface area contributed by atoms with Gasteiger partial charge in [0.15, 0.2) is 11.0 Å². The summed E-state index contributed by atoms with van der Waals surface area (Å²) in [4.78, 5) is 12.3. The summed E-state index contributed by atoms with van der Waals surface area (Å²) in [6.45, 7) is 5.86. The number of carbonyl (C=O) groups excluding carboxylic acids is 1. The Morgan fingerprint density at radius 1 is 1.21 bits per heavy atom. The molecule has 144 valence electrons. The molecule has 8 heteroatoms. The molecule has 3 rings (SSSR count). The van der Waals surface area contributed by atoms with Gasteiger partial charge in [-0.05, 0) is 42.8 Å². The Balaban J connectivity index is 1.73. The van der Waals surface area contributed by atoms with Gasteiger partial charge in [0.05, 0.1) is 5.75 Å². The van der Waals surface area contributed by atoms with Crippen LogP contribution in [0, 0.1) is 18.6 Å². The number of rotatable bonds is 7. The van der Waals surface area contributed by atoms with Gasteiger partial charge in [-0.25, -0.2) is 8.78 Å². The van der Waals surface area contributed by atoms with Gasteiger partial charge in [-0.1, -0.05) is 30.0 Å². The lowest BCUT2D eigenvalue weighted by Gasteiger charge is -2.09. The first-order valence-corrected chi connectivity index (χ1v) is 9.45. The second-order valence-corrected chi connectivity index (χ2v) is 6.95. The van der Waals surface area contributed by atoms with Gasteiger partial charge in [0, 0.05) is 17.8 Å². The van der Waals surface area contributed by atoms with Gasteiger partial charge in [0.25, 0.3) is 0 Å². The van der Waals surface area contributed by atoms with Gasteiger partial charge in [0.2, 0.25) is 5.91 Å². The van der Waals surface area contributed by atoms with Crippen LogP contribution in [0.1, 0.15) is 5.56 Å². The molecule has 1 amide bonds. The first-order chi connectivity index (χ1) is 13.5. The lowest BCUT2D eigenvalue weighted by atomic mass is 10.2. The van der Waals surface area contributed by atoms with Crippen LogP contribution in [0.3, 0.4) is 0 Å². The van der Waals surface area contributed by atoms with E-state index in [9.17, 15) is 13.6 Å². The fourth-order valence-electron chi connectivity index (χ4n) is 2.61. The van der Waals surface area contributed by atoms with Crippen LogP contribution < -0.4 is 5.32 Å². The third-order valence-electron chi connectivity index (χ3n) is 3.91. The summed E-state index contributed by atoms with van der Waals surface area (Å²) in [7, 11) is 0. The van der Waals surface area contributed by atoms with Crippen molar-refractivity contribution >= 4 is 23.4 Å². The Bertz CT molecular complexity index is 1020. The summed E-state index contributed by atoms with van der Waals surface area (Å²) in [5.74, 6) is -0.382. The molecule has 0 fully saturated rings. The molecule has 0 saturated heterocycles. The second kappa shape index (κ2) is 8.79. The number of hydrogen-bond acceptors (Lipinski definition) is 4. The predicted molar refractivity (Wildman–Crippen MR) is 106 cm³/mol. The summed E-state index contributed by atoms with van der Waals surface area (Å²) >= 11 is 1.20. The summed E-state index contributed by atoms with van der Waals surface area (Å²) in [5, 5.41) is 11.5. The molecule has 0 bridgehead atoms. The minimum Gasteiger partial charge on any atom is -0.325 e. The lowest BCUT2D eigenvalue weighted by Crippen LogP contribution is -2.15. The first-order valence-electron chi connectivity index (χ1n) is 8.46.